The van der Waals surface area contributed by atoms with Crippen LogP contribution in [0.15, 0.2) is 12.5 Å². The van der Waals surface area contributed by atoms with Gasteiger partial charge in [-0.3, -0.25) is 0 Å². The molecule has 0 aliphatic carbocycles. The van der Waals surface area contributed by atoms with E-state index in [-0.39, 0.29) is 0 Å². The van der Waals surface area contributed by atoms with Crippen LogP contribution in [0.5, 0.6) is 0 Å². The van der Waals surface area contributed by atoms with Gasteiger partial charge in [0.05, 0.1) is 24.1 Å². The summed E-state index contributed by atoms with van der Waals surface area (Å²) in [5, 5.41) is 0. The predicted octanol–water partition coefficient (Wildman–Crippen LogP) is 0.426. The monoisotopic (exact) mass is 206 g/mol. The normalized spacial score (nSPS) is 29.5. The third-order valence-electron chi connectivity index (χ3n) is 3.06. The van der Waals surface area contributed by atoms with Gasteiger partial charge in [0.2, 0.25) is 0 Å². The summed E-state index contributed by atoms with van der Waals surface area (Å²) in [6, 6.07) is 0. The van der Waals surface area contributed by atoms with Crippen LogP contribution in [0.4, 0.5) is 11.5 Å². The van der Waals surface area contributed by atoms with Crippen molar-refractivity contribution in [3.05, 3.63) is 12.5 Å². The minimum Gasteiger partial charge on any atom is -0.394 e. The van der Waals surface area contributed by atoms with Gasteiger partial charge in [0.15, 0.2) is 5.82 Å². The van der Waals surface area contributed by atoms with Crippen molar-refractivity contribution in [2.24, 2.45) is 0 Å². The minimum atomic E-state index is 0.359. The Bertz CT molecular complexity index is 358. The number of aromatic nitrogens is 2. The fraction of sp³-hybridized carbons (Fsp3) is 0.600. The molecule has 15 heavy (non-hydrogen) atoms. The molecular formula is C10H14N4O. The molecule has 80 valence electrons. The van der Waals surface area contributed by atoms with Gasteiger partial charge in [-0.2, -0.15) is 0 Å². The van der Waals surface area contributed by atoms with Crippen LogP contribution in [0.25, 0.3) is 0 Å². The first-order valence-electron chi connectivity index (χ1n) is 5.29. The second-order valence-corrected chi connectivity index (χ2v) is 4.16. The fourth-order valence-electron chi connectivity index (χ4n) is 2.39. The van der Waals surface area contributed by atoms with Crippen molar-refractivity contribution in [2.45, 2.75) is 25.0 Å². The van der Waals surface area contributed by atoms with E-state index in [0.717, 1.165) is 31.7 Å². The fourth-order valence-corrected chi connectivity index (χ4v) is 2.39. The first-order chi connectivity index (χ1) is 7.33. The summed E-state index contributed by atoms with van der Waals surface area (Å²) in [5.74, 6) is 0.852. The van der Waals surface area contributed by atoms with Gasteiger partial charge in [-0.05, 0) is 12.8 Å². The lowest BCUT2D eigenvalue weighted by molar-refractivity contribution is 0.0303. The van der Waals surface area contributed by atoms with Gasteiger partial charge in [0, 0.05) is 13.1 Å². The van der Waals surface area contributed by atoms with E-state index in [2.05, 4.69) is 14.9 Å². The van der Waals surface area contributed by atoms with E-state index in [9.17, 15) is 0 Å². The van der Waals surface area contributed by atoms with Gasteiger partial charge < -0.3 is 15.4 Å². The van der Waals surface area contributed by atoms with Crippen LogP contribution in [0, 0.1) is 0 Å². The molecule has 2 atom stereocenters. The van der Waals surface area contributed by atoms with Crippen LogP contribution in [0.1, 0.15) is 12.8 Å². The largest absolute Gasteiger partial charge is 0.394 e. The van der Waals surface area contributed by atoms with Crippen LogP contribution < -0.4 is 10.6 Å². The predicted molar refractivity (Wildman–Crippen MR) is 56.6 cm³/mol. The van der Waals surface area contributed by atoms with E-state index in [4.69, 9.17) is 10.5 Å². The Labute approximate surface area is 88.3 Å². The first kappa shape index (κ1) is 8.91. The number of hydrogen-bond acceptors (Lipinski definition) is 5. The number of fused-ring (bicyclic) bond motifs is 2. The van der Waals surface area contributed by atoms with Crippen LogP contribution in [-0.4, -0.2) is 35.3 Å². The average molecular weight is 206 g/mol. The summed E-state index contributed by atoms with van der Waals surface area (Å²) in [6.45, 7) is 1.80. The van der Waals surface area contributed by atoms with Gasteiger partial charge in [0.1, 0.15) is 6.33 Å². The van der Waals surface area contributed by atoms with E-state index in [1.54, 1.807) is 12.5 Å². The number of rotatable bonds is 1. The van der Waals surface area contributed by atoms with Gasteiger partial charge in [0.25, 0.3) is 0 Å². The maximum Gasteiger partial charge on any atom is 0.155 e. The summed E-state index contributed by atoms with van der Waals surface area (Å²) in [7, 11) is 0. The highest BCUT2D eigenvalue weighted by Crippen LogP contribution is 2.30. The smallest absolute Gasteiger partial charge is 0.155 e. The van der Waals surface area contributed by atoms with Crippen molar-refractivity contribution in [3.63, 3.8) is 0 Å². The molecular weight excluding hydrogens is 192 g/mol. The Hall–Kier alpha value is -1.36. The number of nitrogen functional groups attached to an aromatic ring is 1. The van der Waals surface area contributed by atoms with E-state index < -0.39 is 0 Å². The summed E-state index contributed by atoms with van der Waals surface area (Å²) < 4.78 is 5.76. The quantitative estimate of drug-likeness (QED) is 0.721. The van der Waals surface area contributed by atoms with Crippen LogP contribution >= 0.6 is 0 Å². The number of nitrogens with zero attached hydrogens (tertiary/aromatic N) is 3. The molecule has 3 heterocycles. The van der Waals surface area contributed by atoms with Crippen LogP contribution in [0.2, 0.25) is 0 Å². The Morgan fingerprint density at radius 1 is 1.33 bits per heavy atom. The highest BCUT2D eigenvalue weighted by atomic mass is 16.5. The summed E-state index contributed by atoms with van der Waals surface area (Å²) in [5.41, 5.74) is 6.51. The zero-order valence-corrected chi connectivity index (χ0v) is 8.47. The van der Waals surface area contributed by atoms with Crippen LogP contribution in [-0.2, 0) is 4.74 Å². The summed E-state index contributed by atoms with van der Waals surface area (Å²) in [4.78, 5) is 10.3. The van der Waals surface area contributed by atoms with Crippen molar-refractivity contribution in [2.75, 3.05) is 23.7 Å². The average Bonchev–Trinajstić information content (AvgIpc) is 2.58. The van der Waals surface area contributed by atoms with Crippen LogP contribution in [0.3, 0.4) is 0 Å². The van der Waals surface area contributed by atoms with E-state index >= 15 is 0 Å². The molecule has 0 aromatic carbocycles. The van der Waals surface area contributed by atoms with Crippen molar-refractivity contribution in [3.8, 4) is 0 Å². The third kappa shape index (κ3) is 1.52. The second kappa shape index (κ2) is 3.34. The number of hydrogen-bond donors (Lipinski definition) is 1. The molecule has 5 nitrogen and oxygen atoms in total. The van der Waals surface area contributed by atoms with E-state index in [1.165, 1.54) is 0 Å². The molecule has 2 fully saturated rings. The highest BCUT2D eigenvalue weighted by Gasteiger charge is 2.34. The zero-order valence-electron chi connectivity index (χ0n) is 8.47. The Morgan fingerprint density at radius 2 is 2.07 bits per heavy atom. The molecule has 2 saturated heterocycles. The number of nitrogens with two attached hydrogens (primary N) is 1. The number of ether oxygens (including phenoxy) is 1. The molecule has 2 bridgehead atoms. The third-order valence-corrected chi connectivity index (χ3v) is 3.06. The molecule has 2 aliphatic rings. The zero-order chi connectivity index (χ0) is 10.3. The van der Waals surface area contributed by atoms with Crippen molar-refractivity contribution >= 4 is 11.5 Å². The van der Waals surface area contributed by atoms with Gasteiger partial charge in [-0.25, -0.2) is 9.97 Å². The topological polar surface area (TPSA) is 64.3 Å². The minimum absolute atomic E-state index is 0.359. The SMILES string of the molecule is Nc1cncnc1N1CC2CCC(C1)O2. The maximum absolute atomic E-state index is 5.86. The molecule has 2 N–H and O–H groups in total. The van der Waals surface area contributed by atoms with Gasteiger partial charge in [-0.1, -0.05) is 0 Å². The molecule has 1 aromatic rings. The highest BCUT2D eigenvalue weighted by molar-refractivity contribution is 5.61. The van der Waals surface area contributed by atoms with Crippen molar-refractivity contribution in [1.29, 1.82) is 0 Å². The van der Waals surface area contributed by atoms with Crippen molar-refractivity contribution in [1.82, 2.24) is 9.97 Å². The molecule has 5 heteroatoms. The molecule has 0 radical (unpaired) electrons. The molecule has 1 aromatic heterocycles. The summed E-state index contributed by atoms with van der Waals surface area (Å²) >= 11 is 0. The lowest BCUT2D eigenvalue weighted by atomic mass is 10.2. The van der Waals surface area contributed by atoms with Gasteiger partial charge >= 0.3 is 0 Å². The number of anilines is 2. The maximum atomic E-state index is 5.86. The molecule has 0 saturated carbocycles. The first-order valence-corrected chi connectivity index (χ1v) is 5.29. The standard InChI is InChI=1S/C10H14N4O/c11-9-3-12-6-13-10(9)14-4-7-1-2-8(5-14)15-7/h3,6-8H,1-2,4-5,11H2. The molecule has 2 aliphatic heterocycles. The number of morpholine rings is 1. The summed E-state index contributed by atoms with van der Waals surface area (Å²) in [6.07, 6.45) is 6.23. The van der Waals surface area contributed by atoms with Crippen molar-refractivity contribution < 1.29 is 4.74 Å². The van der Waals surface area contributed by atoms with E-state index in [1.807, 2.05) is 0 Å². The van der Waals surface area contributed by atoms with Gasteiger partial charge in [-0.15, -0.1) is 0 Å². The second-order valence-electron chi connectivity index (χ2n) is 4.16. The Morgan fingerprint density at radius 3 is 2.73 bits per heavy atom. The molecule has 0 spiro atoms. The molecule has 3 rings (SSSR count). The Kier molecular flexibility index (Phi) is 1.98. The van der Waals surface area contributed by atoms with E-state index in [0.29, 0.717) is 17.9 Å². The Balaban J connectivity index is 1.86. The lowest BCUT2D eigenvalue weighted by Crippen LogP contribution is -2.43. The lowest BCUT2D eigenvalue weighted by Gasteiger charge is -2.33. The molecule has 2 unspecified atom stereocenters. The molecule has 0 amide bonds.